The van der Waals surface area contributed by atoms with Crippen molar-refractivity contribution in [2.24, 2.45) is 5.73 Å². The molecule has 0 atom stereocenters. The zero-order valence-electron chi connectivity index (χ0n) is 11.7. The summed E-state index contributed by atoms with van der Waals surface area (Å²) in [5, 5.41) is 0. The van der Waals surface area contributed by atoms with Gasteiger partial charge in [0.15, 0.2) is 0 Å². The molecular formula is C13H29N3O. The van der Waals surface area contributed by atoms with Crippen LogP contribution in [0.1, 0.15) is 26.2 Å². The second-order valence-corrected chi connectivity index (χ2v) is 5.55. The number of likely N-dealkylation sites (N-methyl/N-ethyl adjacent to an activating group) is 1. The van der Waals surface area contributed by atoms with Crippen LogP contribution >= 0.6 is 0 Å². The third kappa shape index (κ3) is 5.82. The van der Waals surface area contributed by atoms with Crippen LogP contribution in [0, 0.1) is 0 Å². The largest absolute Gasteiger partial charge is 0.381 e. The van der Waals surface area contributed by atoms with Crippen LogP contribution in [0.2, 0.25) is 0 Å². The fourth-order valence-electron chi connectivity index (χ4n) is 2.31. The van der Waals surface area contributed by atoms with Crippen LogP contribution in [-0.4, -0.2) is 68.8 Å². The van der Waals surface area contributed by atoms with Crippen molar-refractivity contribution in [3.8, 4) is 0 Å². The van der Waals surface area contributed by atoms with Gasteiger partial charge in [0.1, 0.15) is 0 Å². The molecule has 1 fully saturated rings. The molecule has 1 heterocycles. The van der Waals surface area contributed by atoms with Crippen LogP contribution in [0.3, 0.4) is 0 Å². The van der Waals surface area contributed by atoms with Gasteiger partial charge in [-0.3, -0.25) is 0 Å². The van der Waals surface area contributed by atoms with E-state index in [1.54, 1.807) is 0 Å². The average Bonchev–Trinajstić information content (AvgIpc) is 2.27. The molecule has 1 aliphatic heterocycles. The van der Waals surface area contributed by atoms with E-state index >= 15 is 0 Å². The highest BCUT2D eigenvalue weighted by Gasteiger charge is 2.29. The molecule has 0 aromatic heterocycles. The molecule has 102 valence electrons. The van der Waals surface area contributed by atoms with Crippen molar-refractivity contribution in [1.82, 2.24) is 9.80 Å². The Morgan fingerprint density at radius 2 is 1.76 bits per heavy atom. The van der Waals surface area contributed by atoms with Gasteiger partial charge < -0.3 is 20.3 Å². The summed E-state index contributed by atoms with van der Waals surface area (Å²) >= 11 is 0. The summed E-state index contributed by atoms with van der Waals surface area (Å²) < 4.78 is 5.40. The summed E-state index contributed by atoms with van der Waals surface area (Å²) in [7, 11) is 4.24. The van der Waals surface area contributed by atoms with Crippen molar-refractivity contribution in [2.75, 3.05) is 53.5 Å². The lowest BCUT2D eigenvalue weighted by atomic mass is 9.90. The first kappa shape index (κ1) is 14.9. The molecular weight excluding hydrogens is 214 g/mol. The van der Waals surface area contributed by atoms with E-state index in [9.17, 15) is 0 Å². The lowest BCUT2D eigenvalue weighted by Crippen LogP contribution is -2.54. The van der Waals surface area contributed by atoms with Crippen molar-refractivity contribution >= 4 is 0 Å². The van der Waals surface area contributed by atoms with Crippen molar-refractivity contribution in [2.45, 2.75) is 31.7 Å². The molecule has 17 heavy (non-hydrogen) atoms. The summed E-state index contributed by atoms with van der Waals surface area (Å²) in [4.78, 5) is 4.74. The number of nitrogens with zero attached hydrogens (tertiary/aromatic N) is 2. The molecule has 1 rings (SSSR count). The maximum Gasteiger partial charge on any atom is 0.0484 e. The molecule has 0 aromatic rings. The van der Waals surface area contributed by atoms with E-state index in [0.717, 1.165) is 52.2 Å². The molecule has 0 aliphatic carbocycles. The van der Waals surface area contributed by atoms with Gasteiger partial charge in [-0.05, 0) is 39.9 Å². The van der Waals surface area contributed by atoms with E-state index < -0.39 is 0 Å². The third-order valence-electron chi connectivity index (χ3n) is 3.43. The van der Waals surface area contributed by atoms with Crippen molar-refractivity contribution < 1.29 is 4.74 Å². The molecule has 0 radical (unpaired) electrons. The van der Waals surface area contributed by atoms with Crippen LogP contribution in [0.5, 0.6) is 0 Å². The zero-order chi connectivity index (χ0) is 12.7. The van der Waals surface area contributed by atoms with Crippen LogP contribution in [0.25, 0.3) is 0 Å². The van der Waals surface area contributed by atoms with Gasteiger partial charge in [0.05, 0.1) is 0 Å². The van der Waals surface area contributed by atoms with E-state index in [0.29, 0.717) is 0 Å². The second-order valence-electron chi connectivity index (χ2n) is 5.55. The number of ether oxygens (including phenoxy) is 1. The van der Waals surface area contributed by atoms with Crippen LogP contribution in [-0.2, 0) is 4.74 Å². The first-order valence-electron chi connectivity index (χ1n) is 6.79. The van der Waals surface area contributed by atoms with Gasteiger partial charge in [0.2, 0.25) is 0 Å². The maximum absolute atomic E-state index is 6.46. The lowest BCUT2D eigenvalue weighted by Gasteiger charge is -2.38. The van der Waals surface area contributed by atoms with E-state index in [2.05, 4.69) is 30.8 Å². The Kier molecular flexibility index (Phi) is 6.41. The first-order valence-corrected chi connectivity index (χ1v) is 6.79. The highest BCUT2D eigenvalue weighted by Crippen LogP contribution is 2.19. The molecule has 4 nitrogen and oxygen atoms in total. The number of nitrogens with two attached hydrogens (primary N) is 1. The van der Waals surface area contributed by atoms with Gasteiger partial charge in [0, 0.05) is 38.4 Å². The summed E-state index contributed by atoms with van der Waals surface area (Å²) in [6.45, 7) is 8.25. The van der Waals surface area contributed by atoms with Crippen molar-refractivity contribution in [1.29, 1.82) is 0 Å². The Bertz CT molecular complexity index is 203. The summed E-state index contributed by atoms with van der Waals surface area (Å²) in [5.74, 6) is 0. The molecule has 1 aliphatic rings. The van der Waals surface area contributed by atoms with E-state index in [-0.39, 0.29) is 5.54 Å². The van der Waals surface area contributed by atoms with Crippen molar-refractivity contribution in [3.05, 3.63) is 0 Å². The van der Waals surface area contributed by atoms with Gasteiger partial charge >= 0.3 is 0 Å². The molecule has 4 heteroatoms. The molecule has 0 saturated carbocycles. The van der Waals surface area contributed by atoms with Crippen molar-refractivity contribution in [3.63, 3.8) is 0 Å². The first-order chi connectivity index (χ1) is 8.06. The minimum Gasteiger partial charge on any atom is -0.381 e. The zero-order valence-corrected chi connectivity index (χ0v) is 11.7. The van der Waals surface area contributed by atoms with Crippen LogP contribution in [0.4, 0.5) is 0 Å². The van der Waals surface area contributed by atoms with E-state index in [1.165, 1.54) is 6.42 Å². The fraction of sp³-hybridized carbons (Fsp3) is 1.00. The van der Waals surface area contributed by atoms with Gasteiger partial charge in [-0.15, -0.1) is 0 Å². The van der Waals surface area contributed by atoms with Gasteiger partial charge in [-0.1, -0.05) is 6.92 Å². The summed E-state index contributed by atoms with van der Waals surface area (Å²) in [6.07, 6.45) is 3.18. The van der Waals surface area contributed by atoms with Crippen LogP contribution < -0.4 is 5.73 Å². The molecule has 0 amide bonds. The summed E-state index contributed by atoms with van der Waals surface area (Å²) in [5.41, 5.74) is 6.43. The predicted octanol–water partition coefficient (Wildman–Crippen LogP) is 0.768. The average molecular weight is 243 g/mol. The molecule has 0 bridgehead atoms. The van der Waals surface area contributed by atoms with E-state index in [4.69, 9.17) is 10.5 Å². The van der Waals surface area contributed by atoms with Gasteiger partial charge in [-0.25, -0.2) is 0 Å². The fourth-order valence-corrected chi connectivity index (χ4v) is 2.31. The molecule has 0 unspecified atom stereocenters. The normalized spacial score (nSPS) is 20.1. The Hall–Kier alpha value is -0.160. The smallest absolute Gasteiger partial charge is 0.0484 e. The Morgan fingerprint density at radius 1 is 1.12 bits per heavy atom. The molecule has 2 N–H and O–H groups in total. The van der Waals surface area contributed by atoms with Gasteiger partial charge in [-0.2, -0.15) is 0 Å². The standard InChI is InChI=1S/C13H29N3O/c1-4-7-16(9-8-15(2)3)12-13(14)5-10-17-11-6-13/h4-12,14H2,1-3H3. The quantitative estimate of drug-likeness (QED) is 0.717. The number of hydrogen-bond acceptors (Lipinski definition) is 4. The highest BCUT2D eigenvalue weighted by molar-refractivity contribution is 4.89. The summed E-state index contributed by atoms with van der Waals surface area (Å²) in [6, 6.07) is 0. The van der Waals surface area contributed by atoms with Gasteiger partial charge in [0.25, 0.3) is 0 Å². The number of hydrogen-bond donors (Lipinski definition) is 1. The monoisotopic (exact) mass is 243 g/mol. The molecule has 0 aromatic carbocycles. The van der Waals surface area contributed by atoms with E-state index in [1.807, 2.05) is 0 Å². The lowest BCUT2D eigenvalue weighted by molar-refractivity contribution is 0.0368. The third-order valence-corrected chi connectivity index (χ3v) is 3.43. The molecule has 0 spiro atoms. The highest BCUT2D eigenvalue weighted by atomic mass is 16.5. The predicted molar refractivity (Wildman–Crippen MR) is 72.3 cm³/mol. The SMILES string of the molecule is CCCN(CCN(C)C)CC1(N)CCOCC1. The second kappa shape index (κ2) is 7.31. The topological polar surface area (TPSA) is 41.7 Å². The van der Waals surface area contributed by atoms with Crippen LogP contribution in [0.15, 0.2) is 0 Å². The Morgan fingerprint density at radius 3 is 2.29 bits per heavy atom. The Balaban J connectivity index is 2.40. The number of rotatable bonds is 7. The Labute approximate surface area is 106 Å². The molecule has 1 saturated heterocycles. The maximum atomic E-state index is 6.46. The minimum absolute atomic E-state index is 0.0280. The minimum atomic E-state index is -0.0280.